The molecule has 1 heterocycles. The summed E-state index contributed by atoms with van der Waals surface area (Å²) in [5, 5.41) is 11.4. The van der Waals surface area contributed by atoms with Crippen LogP contribution in [0.1, 0.15) is 36.7 Å². The van der Waals surface area contributed by atoms with Crippen molar-refractivity contribution >= 4 is 5.96 Å². The van der Waals surface area contributed by atoms with Gasteiger partial charge in [0.2, 0.25) is 0 Å². The Labute approximate surface area is 163 Å². The zero-order valence-electron chi connectivity index (χ0n) is 17.4. The number of benzene rings is 1. The maximum Gasteiger partial charge on any atom is 0.191 e. The number of aliphatic imine (C=N–C) groups is 1. The standard InChI is InChI=1S/C21H34N6/c1-6-7-13-26(5)14-12-23-21(22-4)24-16-19-10-8-9-11-20(19)27-18(3)15-17(2)25-27/h8-11,15H,6-7,12-14,16H2,1-5H3,(H2,22,23,24). The van der Waals surface area contributed by atoms with Crippen LogP contribution in [0.15, 0.2) is 35.3 Å². The quantitative estimate of drug-likeness (QED) is 0.526. The highest BCUT2D eigenvalue weighted by Gasteiger charge is 2.09. The molecule has 27 heavy (non-hydrogen) atoms. The summed E-state index contributed by atoms with van der Waals surface area (Å²) in [7, 11) is 3.97. The lowest BCUT2D eigenvalue weighted by molar-refractivity contribution is 0.332. The highest BCUT2D eigenvalue weighted by Crippen LogP contribution is 2.16. The minimum Gasteiger partial charge on any atom is -0.355 e. The van der Waals surface area contributed by atoms with Gasteiger partial charge < -0.3 is 15.5 Å². The first-order chi connectivity index (χ1) is 13.0. The molecule has 6 nitrogen and oxygen atoms in total. The van der Waals surface area contributed by atoms with Crippen LogP contribution in [0.3, 0.4) is 0 Å². The maximum absolute atomic E-state index is 4.62. The minimum atomic E-state index is 0.694. The van der Waals surface area contributed by atoms with E-state index in [0.29, 0.717) is 6.54 Å². The van der Waals surface area contributed by atoms with Crippen LogP contribution in [-0.4, -0.2) is 54.4 Å². The van der Waals surface area contributed by atoms with Gasteiger partial charge in [0.1, 0.15) is 0 Å². The molecule has 2 N–H and O–H groups in total. The Morgan fingerprint density at radius 3 is 2.63 bits per heavy atom. The molecule has 6 heteroatoms. The Morgan fingerprint density at radius 1 is 1.19 bits per heavy atom. The molecule has 0 atom stereocenters. The van der Waals surface area contributed by atoms with Gasteiger partial charge >= 0.3 is 0 Å². The molecule has 148 valence electrons. The van der Waals surface area contributed by atoms with Crippen LogP contribution >= 0.6 is 0 Å². The van der Waals surface area contributed by atoms with Crippen molar-refractivity contribution in [3.63, 3.8) is 0 Å². The number of unbranched alkanes of at least 4 members (excludes halogenated alkanes) is 1. The molecular weight excluding hydrogens is 336 g/mol. The van der Waals surface area contributed by atoms with E-state index in [1.54, 1.807) is 0 Å². The monoisotopic (exact) mass is 370 g/mol. The van der Waals surface area contributed by atoms with Crippen LogP contribution in [0, 0.1) is 13.8 Å². The molecule has 1 aromatic heterocycles. The summed E-state index contributed by atoms with van der Waals surface area (Å²) >= 11 is 0. The highest BCUT2D eigenvalue weighted by atomic mass is 15.3. The summed E-state index contributed by atoms with van der Waals surface area (Å²) in [5.74, 6) is 0.821. The van der Waals surface area contributed by atoms with Crippen molar-refractivity contribution in [3.8, 4) is 5.69 Å². The number of para-hydroxylation sites is 1. The molecule has 0 saturated heterocycles. The largest absolute Gasteiger partial charge is 0.355 e. The molecule has 0 aliphatic carbocycles. The van der Waals surface area contributed by atoms with Crippen LogP contribution < -0.4 is 10.6 Å². The third kappa shape index (κ3) is 6.40. The summed E-state index contributed by atoms with van der Waals surface area (Å²) in [6.07, 6.45) is 2.47. The van der Waals surface area contributed by atoms with Gasteiger partial charge in [-0.2, -0.15) is 5.10 Å². The fraction of sp³-hybridized carbons (Fsp3) is 0.524. The van der Waals surface area contributed by atoms with Crippen molar-refractivity contribution in [2.24, 2.45) is 4.99 Å². The van der Waals surface area contributed by atoms with Crippen molar-refractivity contribution in [3.05, 3.63) is 47.3 Å². The summed E-state index contributed by atoms with van der Waals surface area (Å²) < 4.78 is 2.01. The van der Waals surface area contributed by atoms with E-state index < -0.39 is 0 Å². The van der Waals surface area contributed by atoms with Crippen LogP contribution in [-0.2, 0) is 6.54 Å². The fourth-order valence-corrected chi connectivity index (χ4v) is 3.04. The number of likely N-dealkylation sites (N-methyl/N-ethyl adjacent to an activating group) is 1. The second-order valence-corrected chi connectivity index (χ2v) is 6.98. The zero-order chi connectivity index (χ0) is 19.6. The smallest absolute Gasteiger partial charge is 0.191 e. The minimum absolute atomic E-state index is 0.694. The second kappa shape index (κ2) is 10.7. The lowest BCUT2D eigenvalue weighted by Crippen LogP contribution is -2.40. The molecule has 0 spiro atoms. The van der Waals surface area contributed by atoms with E-state index in [2.05, 4.69) is 76.9 Å². The zero-order valence-corrected chi connectivity index (χ0v) is 17.4. The van der Waals surface area contributed by atoms with Crippen molar-refractivity contribution in [2.75, 3.05) is 33.7 Å². The average molecular weight is 371 g/mol. The molecule has 0 fully saturated rings. The van der Waals surface area contributed by atoms with Crippen molar-refractivity contribution in [2.45, 2.75) is 40.2 Å². The topological polar surface area (TPSA) is 57.5 Å². The first kappa shape index (κ1) is 21.0. The molecular formula is C21H34N6. The number of aromatic nitrogens is 2. The van der Waals surface area contributed by atoms with E-state index in [1.165, 1.54) is 18.4 Å². The molecule has 2 rings (SSSR count). The van der Waals surface area contributed by atoms with Gasteiger partial charge in [-0.05, 0) is 51.6 Å². The Kier molecular flexibility index (Phi) is 8.33. The van der Waals surface area contributed by atoms with Gasteiger partial charge in [-0.15, -0.1) is 0 Å². The van der Waals surface area contributed by atoms with E-state index in [-0.39, 0.29) is 0 Å². The second-order valence-electron chi connectivity index (χ2n) is 6.98. The third-order valence-electron chi connectivity index (χ3n) is 4.58. The van der Waals surface area contributed by atoms with Gasteiger partial charge in [-0.25, -0.2) is 4.68 Å². The van der Waals surface area contributed by atoms with Gasteiger partial charge in [-0.1, -0.05) is 31.5 Å². The van der Waals surface area contributed by atoms with Crippen LogP contribution in [0.5, 0.6) is 0 Å². The maximum atomic E-state index is 4.62. The number of nitrogens with zero attached hydrogens (tertiary/aromatic N) is 4. The van der Waals surface area contributed by atoms with Crippen molar-refractivity contribution < 1.29 is 0 Å². The SMILES string of the molecule is CCCCN(C)CCNC(=NC)NCc1ccccc1-n1nc(C)cc1C. The number of hydrogen-bond acceptors (Lipinski definition) is 3. The van der Waals surface area contributed by atoms with Gasteiger partial charge in [0, 0.05) is 32.4 Å². The average Bonchev–Trinajstić information content (AvgIpc) is 3.01. The Bertz CT molecular complexity index is 734. The van der Waals surface area contributed by atoms with E-state index in [0.717, 1.165) is 42.7 Å². The first-order valence-corrected chi connectivity index (χ1v) is 9.79. The fourth-order valence-electron chi connectivity index (χ4n) is 3.04. The first-order valence-electron chi connectivity index (χ1n) is 9.79. The molecule has 0 amide bonds. The summed E-state index contributed by atoms with van der Waals surface area (Å²) in [6.45, 7) is 10.0. The number of aryl methyl sites for hydroxylation is 2. The third-order valence-corrected chi connectivity index (χ3v) is 4.58. The number of hydrogen-bond donors (Lipinski definition) is 2. The molecule has 0 radical (unpaired) electrons. The van der Waals surface area contributed by atoms with E-state index >= 15 is 0 Å². The molecule has 0 bridgehead atoms. The van der Waals surface area contributed by atoms with Gasteiger partial charge in [0.15, 0.2) is 5.96 Å². The van der Waals surface area contributed by atoms with Gasteiger partial charge in [0.25, 0.3) is 0 Å². The highest BCUT2D eigenvalue weighted by molar-refractivity contribution is 5.79. The van der Waals surface area contributed by atoms with Gasteiger partial charge in [-0.3, -0.25) is 4.99 Å². The number of guanidine groups is 1. The molecule has 2 aromatic rings. The Balaban J connectivity index is 1.93. The van der Waals surface area contributed by atoms with Gasteiger partial charge in [0.05, 0.1) is 11.4 Å². The van der Waals surface area contributed by atoms with E-state index in [4.69, 9.17) is 0 Å². The summed E-state index contributed by atoms with van der Waals surface area (Å²) in [5.41, 5.74) is 4.45. The summed E-state index contributed by atoms with van der Waals surface area (Å²) in [6, 6.07) is 10.4. The molecule has 0 saturated carbocycles. The molecule has 1 aromatic carbocycles. The molecule has 0 aliphatic rings. The molecule has 0 aliphatic heterocycles. The van der Waals surface area contributed by atoms with Crippen molar-refractivity contribution in [1.29, 1.82) is 0 Å². The predicted octanol–water partition coefficient (Wildman–Crippen LogP) is 2.89. The lowest BCUT2D eigenvalue weighted by atomic mass is 10.1. The molecule has 0 unspecified atom stereocenters. The predicted molar refractivity (Wildman–Crippen MR) is 114 cm³/mol. The Morgan fingerprint density at radius 2 is 1.96 bits per heavy atom. The Hall–Kier alpha value is -2.34. The van der Waals surface area contributed by atoms with Crippen molar-refractivity contribution in [1.82, 2.24) is 25.3 Å². The van der Waals surface area contributed by atoms with Crippen LogP contribution in [0.25, 0.3) is 5.69 Å². The van der Waals surface area contributed by atoms with Crippen LogP contribution in [0.2, 0.25) is 0 Å². The normalized spacial score (nSPS) is 11.9. The summed E-state index contributed by atoms with van der Waals surface area (Å²) in [4.78, 5) is 6.69. The van der Waals surface area contributed by atoms with Crippen LogP contribution in [0.4, 0.5) is 0 Å². The lowest BCUT2D eigenvalue weighted by Gasteiger charge is -2.18. The van der Waals surface area contributed by atoms with E-state index in [9.17, 15) is 0 Å². The number of nitrogens with one attached hydrogen (secondary N) is 2. The van der Waals surface area contributed by atoms with E-state index in [1.807, 2.05) is 18.7 Å². The number of rotatable bonds is 9.